The van der Waals surface area contributed by atoms with Gasteiger partial charge in [0.25, 0.3) is 0 Å². The van der Waals surface area contributed by atoms with Gasteiger partial charge in [-0.15, -0.1) is 0 Å². The van der Waals surface area contributed by atoms with Gasteiger partial charge in [-0.25, -0.2) is 0 Å². The van der Waals surface area contributed by atoms with Crippen molar-refractivity contribution in [3.63, 3.8) is 0 Å². The summed E-state index contributed by atoms with van der Waals surface area (Å²) in [5.74, 6) is 0.740. The first-order chi connectivity index (χ1) is 8.17. The van der Waals surface area contributed by atoms with Gasteiger partial charge in [0.1, 0.15) is 0 Å². The van der Waals surface area contributed by atoms with Crippen LogP contribution in [0.1, 0.15) is 45.1 Å². The third kappa shape index (κ3) is 4.97. The van der Waals surface area contributed by atoms with E-state index in [0.29, 0.717) is 5.30 Å². The van der Waals surface area contributed by atoms with Gasteiger partial charge in [0.2, 0.25) is 5.30 Å². The predicted octanol–water partition coefficient (Wildman–Crippen LogP) is 3.81. The molecule has 2 atom stereocenters. The maximum Gasteiger partial charge on any atom is 0.546 e. The molecule has 1 N–H and O–H groups in total. The van der Waals surface area contributed by atoms with Crippen LogP contribution in [0.4, 0.5) is 0 Å². The topological polar surface area (TPSA) is 37.3 Å². The largest absolute Gasteiger partial charge is 0.546 e. The van der Waals surface area contributed by atoms with Gasteiger partial charge in [-0.05, 0) is 34.6 Å². The fraction of sp³-hybridized carbons (Fsp3) is 0.571. The Morgan fingerprint density at radius 2 is 1.88 bits per heavy atom. The second-order valence-corrected chi connectivity index (χ2v) is 5.62. The zero-order valence-corrected chi connectivity index (χ0v) is 11.6. The van der Waals surface area contributed by atoms with Gasteiger partial charge in [0.15, 0.2) is 0 Å². The maximum atomic E-state index is 10.9. The summed E-state index contributed by atoms with van der Waals surface area (Å²) < 4.78 is 10.9. The van der Waals surface area contributed by atoms with E-state index in [4.69, 9.17) is 4.89 Å². The average Bonchev–Trinajstić information content (AvgIpc) is 2.35. The minimum Gasteiger partial charge on any atom is -0.156 e. The Bertz CT molecular complexity index is 346. The molecule has 0 bridgehead atoms. The van der Waals surface area contributed by atoms with Gasteiger partial charge in [-0.2, -0.15) is 4.89 Å². The van der Waals surface area contributed by atoms with Crippen molar-refractivity contribution < 1.29 is 9.46 Å². The summed E-state index contributed by atoms with van der Waals surface area (Å²) in [5.41, 5.74) is 1.27. The molecule has 17 heavy (non-hydrogen) atoms. The summed E-state index contributed by atoms with van der Waals surface area (Å²) in [4.78, 5) is 8.97. The fourth-order valence-electron chi connectivity index (χ4n) is 2.04. The molecule has 0 spiro atoms. The molecular formula is C14H22O2P+. The van der Waals surface area contributed by atoms with Crippen molar-refractivity contribution in [2.75, 3.05) is 0 Å². The smallest absolute Gasteiger partial charge is 0.156 e. The first-order valence-electron chi connectivity index (χ1n) is 6.42. The quantitative estimate of drug-likeness (QED) is 0.750. The van der Waals surface area contributed by atoms with E-state index >= 15 is 0 Å². The molecule has 0 saturated carbocycles. The maximum absolute atomic E-state index is 10.9. The Morgan fingerprint density at radius 3 is 2.35 bits per heavy atom. The first-order valence-corrected chi connectivity index (χ1v) is 7.63. The lowest BCUT2D eigenvalue weighted by Gasteiger charge is -2.13. The highest BCUT2D eigenvalue weighted by atomic mass is 31.1. The van der Waals surface area contributed by atoms with Crippen LogP contribution in [0.2, 0.25) is 0 Å². The molecule has 0 aliphatic rings. The van der Waals surface area contributed by atoms with Crippen LogP contribution in [0, 0.1) is 5.92 Å². The second kappa shape index (κ2) is 7.58. The molecule has 0 heterocycles. The molecule has 2 unspecified atom stereocenters. The van der Waals surface area contributed by atoms with Crippen molar-refractivity contribution in [3.05, 3.63) is 29.8 Å². The van der Waals surface area contributed by atoms with Crippen molar-refractivity contribution in [1.29, 1.82) is 0 Å². The summed E-state index contributed by atoms with van der Waals surface area (Å²) in [6.07, 6.45) is 6.11. The summed E-state index contributed by atoms with van der Waals surface area (Å²) >= 11 is 0. The van der Waals surface area contributed by atoms with Gasteiger partial charge in [0.05, 0.1) is 0 Å². The van der Waals surface area contributed by atoms with Crippen molar-refractivity contribution in [3.8, 4) is 0 Å². The van der Waals surface area contributed by atoms with Gasteiger partial charge in [-0.3, -0.25) is 0 Å². The minimum absolute atomic E-state index is 0.519. The van der Waals surface area contributed by atoms with Gasteiger partial charge in [0, 0.05) is 0 Å². The Balaban J connectivity index is 2.57. The molecule has 1 rings (SSSR count). The lowest BCUT2D eigenvalue weighted by Crippen LogP contribution is -2.04. The molecule has 0 radical (unpaired) electrons. The van der Waals surface area contributed by atoms with E-state index in [2.05, 4.69) is 13.8 Å². The summed E-state index contributed by atoms with van der Waals surface area (Å²) in [6, 6.07) is 7.49. The van der Waals surface area contributed by atoms with Gasteiger partial charge < -0.3 is 0 Å². The molecule has 0 fully saturated rings. The van der Waals surface area contributed by atoms with E-state index in [-0.39, 0.29) is 0 Å². The lowest BCUT2D eigenvalue weighted by molar-refractivity contribution is 0.449. The number of benzene rings is 1. The summed E-state index contributed by atoms with van der Waals surface area (Å²) in [7, 11) is -2.19. The highest BCUT2D eigenvalue weighted by Crippen LogP contribution is 2.19. The third-order valence-electron chi connectivity index (χ3n) is 3.22. The third-order valence-corrected chi connectivity index (χ3v) is 3.96. The standard InChI is InChI=1S/C14H21O2P/c1-3-5-6-12(4-2)11-13-7-9-14(10-8-13)17(15)16/h7-10,12H,3-6,11H2,1-2H3/p+1. The lowest BCUT2D eigenvalue weighted by atomic mass is 9.92. The summed E-state index contributed by atoms with van der Waals surface area (Å²) in [6.45, 7) is 4.46. The highest BCUT2D eigenvalue weighted by molar-refractivity contribution is 7.47. The van der Waals surface area contributed by atoms with Crippen molar-refractivity contribution in [2.24, 2.45) is 5.92 Å². The monoisotopic (exact) mass is 253 g/mol. The number of hydrogen-bond donors (Lipinski definition) is 1. The van der Waals surface area contributed by atoms with E-state index in [1.54, 1.807) is 12.1 Å². The van der Waals surface area contributed by atoms with Crippen LogP contribution >= 0.6 is 8.03 Å². The fourth-order valence-corrected chi connectivity index (χ4v) is 2.44. The molecule has 3 heteroatoms. The molecule has 0 aliphatic heterocycles. The Kier molecular flexibility index (Phi) is 6.39. The molecule has 2 nitrogen and oxygen atoms in total. The van der Waals surface area contributed by atoms with Crippen LogP contribution in [0.5, 0.6) is 0 Å². The molecule has 94 valence electrons. The van der Waals surface area contributed by atoms with Gasteiger partial charge in [-0.1, -0.05) is 51.7 Å². The molecular weight excluding hydrogens is 231 g/mol. The molecule has 0 saturated heterocycles. The van der Waals surface area contributed by atoms with E-state index in [0.717, 1.165) is 12.3 Å². The zero-order valence-electron chi connectivity index (χ0n) is 10.7. The van der Waals surface area contributed by atoms with Crippen LogP contribution in [0.25, 0.3) is 0 Å². The van der Waals surface area contributed by atoms with Crippen LogP contribution in [-0.4, -0.2) is 4.89 Å². The zero-order chi connectivity index (χ0) is 12.7. The van der Waals surface area contributed by atoms with E-state index in [9.17, 15) is 4.57 Å². The minimum atomic E-state index is -2.19. The van der Waals surface area contributed by atoms with E-state index < -0.39 is 8.03 Å². The van der Waals surface area contributed by atoms with Crippen molar-refractivity contribution >= 4 is 13.3 Å². The van der Waals surface area contributed by atoms with Crippen LogP contribution in [-0.2, 0) is 11.0 Å². The molecule has 0 aliphatic carbocycles. The van der Waals surface area contributed by atoms with Crippen LogP contribution < -0.4 is 5.30 Å². The number of rotatable bonds is 7. The van der Waals surface area contributed by atoms with Crippen molar-refractivity contribution in [1.82, 2.24) is 0 Å². The van der Waals surface area contributed by atoms with E-state index in [1.807, 2.05) is 12.1 Å². The Labute approximate surface area is 105 Å². The molecule has 1 aromatic rings. The van der Waals surface area contributed by atoms with Gasteiger partial charge >= 0.3 is 8.03 Å². The Morgan fingerprint density at radius 1 is 1.24 bits per heavy atom. The SMILES string of the molecule is CCCCC(CC)Cc1ccc([P+](=O)O)cc1. The Hall–Kier alpha value is -0.720. The van der Waals surface area contributed by atoms with Crippen LogP contribution in [0.15, 0.2) is 24.3 Å². The van der Waals surface area contributed by atoms with E-state index in [1.165, 1.54) is 31.2 Å². The molecule has 1 aromatic carbocycles. The van der Waals surface area contributed by atoms with Crippen molar-refractivity contribution in [2.45, 2.75) is 46.0 Å². The average molecular weight is 253 g/mol. The number of hydrogen-bond acceptors (Lipinski definition) is 1. The normalized spacial score (nSPS) is 13.5. The number of unbranched alkanes of at least 4 members (excludes halogenated alkanes) is 1. The molecule has 0 aromatic heterocycles. The summed E-state index contributed by atoms with van der Waals surface area (Å²) in [5, 5.41) is 0.519. The first kappa shape index (κ1) is 14.3. The second-order valence-electron chi connectivity index (χ2n) is 4.56. The highest BCUT2D eigenvalue weighted by Gasteiger charge is 2.15. The molecule has 0 amide bonds. The van der Waals surface area contributed by atoms with Crippen LogP contribution in [0.3, 0.4) is 0 Å². The predicted molar refractivity (Wildman–Crippen MR) is 72.9 cm³/mol.